The van der Waals surface area contributed by atoms with Gasteiger partial charge in [-0.25, -0.2) is 5.11 Å². The summed E-state index contributed by atoms with van der Waals surface area (Å²) in [6.07, 6.45) is 1.43. The summed E-state index contributed by atoms with van der Waals surface area (Å²) in [6, 6.07) is 0. The van der Waals surface area contributed by atoms with Crippen LogP contribution in [0.2, 0.25) is 0 Å². The summed E-state index contributed by atoms with van der Waals surface area (Å²) in [5, 5.41) is 8.94. The smallest absolute Gasteiger partial charge is 0.171 e. The van der Waals surface area contributed by atoms with Gasteiger partial charge < -0.3 is 0 Å². The summed E-state index contributed by atoms with van der Waals surface area (Å²) in [5.74, 6) is 2.12. The predicted octanol–water partition coefficient (Wildman–Crippen LogP) is 0.398. The van der Waals surface area contributed by atoms with Crippen molar-refractivity contribution >= 4 is 0 Å². The second-order valence-corrected chi connectivity index (χ2v) is 0.352. The summed E-state index contributed by atoms with van der Waals surface area (Å²) < 4.78 is 0. The van der Waals surface area contributed by atoms with Crippen molar-refractivity contribution in [2.45, 2.75) is 6.92 Å². The molecule has 0 aromatic carbocycles. The molecule has 1 heteroatoms. The Morgan fingerprint density at radius 3 is 2.00 bits per heavy atom. The molecule has 0 aromatic heterocycles. The van der Waals surface area contributed by atoms with E-state index in [1.54, 1.807) is 0 Å². The van der Waals surface area contributed by atoms with Crippen molar-refractivity contribution in [3.63, 3.8) is 0 Å². The molecule has 1 radical (unpaired) electrons. The van der Waals surface area contributed by atoms with E-state index in [4.69, 9.17) is 5.11 Å². The first kappa shape index (κ1) is 3.36. The lowest BCUT2D eigenvalue weighted by atomic mass is 10.8. The van der Waals surface area contributed by atoms with Crippen LogP contribution >= 0.6 is 0 Å². The van der Waals surface area contributed by atoms with E-state index in [-0.39, 0.29) is 0 Å². The molecule has 1 nitrogen and oxygen atoms in total. The second kappa shape index (κ2) is 2.36. The van der Waals surface area contributed by atoms with E-state index in [2.05, 4.69) is 5.92 Å². The Hall–Kier alpha value is -0.640. The van der Waals surface area contributed by atoms with Crippen LogP contribution in [0.1, 0.15) is 6.92 Å². The van der Waals surface area contributed by atoms with Crippen LogP contribution in [0.5, 0.6) is 0 Å². The summed E-state index contributed by atoms with van der Waals surface area (Å²) in [4.78, 5) is 0. The minimum Gasteiger partial charge on any atom is -0.224 e. The predicted molar refractivity (Wildman–Crippen MR) is 14.1 cm³/mol. The Bertz CT molecular complexity index is 40.0. The molecule has 0 bridgehead atoms. The van der Waals surface area contributed by atoms with Crippen molar-refractivity contribution in [1.82, 2.24) is 0 Å². The molecule has 0 N–H and O–H groups in total. The van der Waals surface area contributed by atoms with Gasteiger partial charge in [-0.05, 0) is 0 Å². The van der Waals surface area contributed by atoms with E-state index < -0.39 is 0 Å². The van der Waals surface area contributed by atoms with Crippen molar-refractivity contribution in [2.75, 3.05) is 0 Å². The van der Waals surface area contributed by atoms with Gasteiger partial charge in [-0.2, -0.15) is 0 Å². The maximum Gasteiger partial charge on any atom is 0.171 e. The molecule has 0 spiro atoms. The Balaban J connectivity index is 2.83. The highest BCUT2D eigenvalue weighted by Gasteiger charge is 1.33. The molecule has 0 aliphatic heterocycles. The molecule has 21 valence electrons. The van der Waals surface area contributed by atoms with E-state index in [1.807, 2.05) is 0 Å². The van der Waals surface area contributed by atoms with Crippen LogP contribution in [0.15, 0.2) is 0 Å². The van der Waals surface area contributed by atoms with Crippen molar-refractivity contribution < 1.29 is 5.11 Å². The van der Waals surface area contributed by atoms with Gasteiger partial charge in [0.2, 0.25) is 0 Å². The lowest BCUT2D eigenvalue weighted by Gasteiger charge is -1.34. The molecule has 0 aromatic rings. The standard InChI is InChI=1S/C3H3O/c1-2-3-4/h1H3. The van der Waals surface area contributed by atoms with E-state index >= 15 is 0 Å². The highest BCUT2D eigenvalue weighted by molar-refractivity contribution is 4.81. The quantitative estimate of drug-likeness (QED) is 0.357. The zero-order valence-corrected chi connectivity index (χ0v) is 2.41. The van der Waals surface area contributed by atoms with Crippen molar-refractivity contribution in [3.05, 3.63) is 0 Å². The summed E-state index contributed by atoms with van der Waals surface area (Å²) in [5.41, 5.74) is 0. The minimum absolute atomic E-state index is 1.43. The van der Waals surface area contributed by atoms with Gasteiger partial charge in [-0.3, -0.25) is 0 Å². The lowest BCUT2D eigenvalue weighted by Crippen LogP contribution is -1.33. The minimum atomic E-state index is 1.43. The first-order valence-electron chi connectivity index (χ1n) is 0.954. The van der Waals surface area contributed by atoms with Crippen LogP contribution < -0.4 is 0 Å². The molecule has 0 amide bonds. The SMILES string of the molecule is CC#C[O]. The van der Waals surface area contributed by atoms with E-state index in [9.17, 15) is 0 Å². The molecule has 0 aliphatic carbocycles. The molecule has 0 saturated carbocycles. The van der Waals surface area contributed by atoms with Crippen LogP contribution in [0.3, 0.4) is 0 Å². The van der Waals surface area contributed by atoms with Crippen LogP contribution in [-0.4, -0.2) is 0 Å². The van der Waals surface area contributed by atoms with Gasteiger partial charge in [0.25, 0.3) is 0 Å². The highest BCUT2D eigenvalue weighted by Crippen LogP contribution is 1.34. The summed E-state index contributed by atoms with van der Waals surface area (Å²) in [7, 11) is 0. The number of hydrogen-bond donors (Lipinski definition) is 0. The fourth-order valence-corrected chi connectivity index (χ4v) is 0. The van der Waals surface area contributed by atoms with Gasteiger partial charge in [0.1, 0.15) is 0 Å². The largest absolute Gasteiger partial charge is 0.224 e. The van der Waals surface area contributed by atoms with E-state index in [1.165, 1.54) is 13.0 Å². The monoisotopic (exact) mass is 55.0 g/mol. The molecular formula is C3H3O. The van der Waals surface area contributed by atoms with Gasteiger partial charge in [-0.1, -0.05) is 5.92 Å². The van der Waals surface area contributed by atoms with Gasteiger partial charge in [-0.15, -0.1) is 0 Å². The molecule has 4 heavy (non-hydrogen) atoms. The van der Waals surface area contributed by atoms with Crippen LogP contribution in [0.25, 0.3) is 0 Å². The zero-order chi connectivity index (χ0) is 3.41. The van der Waals surface area contributed by atoms with Crippen molar-refractivity contribution in [3.8, 4) is 12.0 Å². The van der Waals surface area contributed by atoms with Crippen LogP contribution in [-0.2, 0) is 5.11 Å². The molecule has 0 fully saturated rings. The average Bonchev–Trinajstić information content (AvgIpc) is 1.37. The lowest BCUT2D eigenvalue weighted by molar-refractivity contribution is 0.391. The first-order chi connectivity index (χ1) is 1.91. The fourth-order valence-electron chi connectivity index (χ4n) is 0. The van der Waals surface area contributed by atoms with E-state index in [0.29, 0.717) is 0 Å². The summed E-state index contributed by atoms with van der Waals surface area (Å²) >= 11 is 0. The molecule has 0 heterocycles. The Labute approximate surface area is 25.3 Å². The Kier molecular flexibility index (Phi) is 1.98. The number of hydrogen-bond acceptors (Lipinski definition) is 0. The number of rotatable bonds is 0. The maximum absolute atomic E-state index is 8.94. The van der Waals surface area contributed by atoms with Gasteiger partial charge in [0.15, 0.2) is 6.11 Å². The molecule has 0 rings (SSSR count). The molecule has 0 saturated heterocycles. The highest BCUT2D eigenvalue weighted by atomic mass is 16.2. The molecular weight excluding hydrogens is 52.0 g/mol. The molecule has 0 unspecified atom stereocenters. The Morgan fingerprint density at radius 2 is 2.00 bits per heavy atom. The topological polar surface area (TPSA) is 19.9 Å². The second-order valence-electron chi connectivity index (χ2n) is 0.352. The van der Waals surface area contributed by atoms with Crippen LogP contribution in [0.4, 0.5) is 0 Å². The van der Waals surface area contributed by atoms with Gasteiger partial charge in [0, 0.05) is 6.92 Å². The van der Waals surface area contributed by atoms with Gasteiger partial charge in [0.05, 0.1) is 0 Å². The molecule has 0 atom stereocenters. The van der Waals surface area contributed by atoms with E-state index in [0.717, 1.165) is 0 Å². The third-order valence-corrected chi connectivity index (χ3v) is 0.102. The molecule has 0 aliphatic rings. The van der Waals surface area contributed by atoms with Crippen molar-refractivity contribution in [2.24, 2.45) is 0 Å². The van der Waals surface area contributed by atoms with Crippen molar-refractivity contribution in [1.29, 1.82) is 0 Å². The normalized spacial score (nSPS) is 3.25. The first-order valence-corrected chi connectivity index (χ1v) is 0.954. The third kappa shape index (κ3) is 1.36. The fraction of sp³-hybridized carbons (Fsp3) is 0.333. The maximum atomic E-state index is 8.94. The van der Waals surface area contributed by atoms with Crippen LogP contribution in [0, 0.1) is 12.0 Å². The Morgan fingerprint density at radius 1 is 1.75 bits per heavy atom. The zero-order valence-electron chi connectivity index (χ0n) is 2.41. The summed E-state index contributed by atoms with van der Waals surface area (Å²) in [6.45, 7) is 1.51. The third-order valence-electron chi connectivity index (χ3n) is 0.102. The average molecular weight is 55.1 g/mol. The van der Waals surface area contributed by atoms with Gasteiger partial charge >= 0.3 is 0 Å².